The lowest BCUT2D eigenvalue weighted by Gasteiger charge is -2.67. The fourth-order valence-corrected chi connectivity index (χ4v) is 15.5. The lowest BCUT2D eigenvalue weighted by molar-refractivity contribution is -0.111. The first kappa shape index (κ1) is 41.7. The standard InChI is InChI=1S/C63H67N3O/c1-39-13-19-42(20-14-39)44-25-27-49(28-26-44)60-54-37-50(46-21-15-40(2)16-22-46)33-36-56(54)65(51-34-31-45(32-35-51)43-23-17-41(38-67)18-24-43)63(60)66-57-12-4-3-11-55(57)64-61-52-9-5-7-47-29-30-48-8-6-10-53(62(61)66)59(48)58(47)52/h13-28,31-37,47-48,52-53,55,57-59,61-62,64,67H,3-12,29-30,38H2,1-2H3. The molecule has 6 aromatic carbocycles. The van der Waals surface area contributed by atoms with Gasteiger partial charge in [0.15, 0.2) is 0 Å². The predicted molar refractivity (Wildman–Crippen MR) is 278 cm³/mol. The number of aryl methyl sites for hydroxylation is 2. The molecule has 340 valence electrons. The van der Waals surface area contributed by atoms with Gasteiger partial charge in [-0.15, -0.1) is 0 Å². The third-order valence-electron chi connectivity index (χ3n) is 18.5. The van der Waals surface area contributed by atoms with Gasteiger partial charge in [0.25, 0.3) is 0 Å². The van der Waals surface area contributed by atoms with E-state index in [0.717, 1.165) is 35.2 Å². The number of anilines is 1. The zero-order chi connectivity index (χ0) is 44.8. The number of rotatable bonds is 7. The quantitative estimate of drug-likeness (QED) is 0.168. The summed E-state index contributed by atoms with van der Waals surface area (Å²) in [6.07, 6.45) is 16.5. The second-order valence-electron chi connectivity index (χ2n) is 22.0. The van der Waals surface area contributed by atoms with Gasteiger partial charge in [0, 0.05) is 40.8 Å². The Labute approximate surface area is 398 Å². The van der Waals surface area contributed by atoms with Gasteiger partial charge < -0.3 is 15.3 Å². The zero-order valence-electron chi connectivity index (χ0n) is 39.6. The summed E-state index contributed by atoms with van der Waals surface area (Å²) < 4.78 is 2.74. The van der Waals surface area contributed by atoms with Crippen LogP contribution >= 0.6 is 0 Å². The largest absolute Gasteiger partial charge is 0.392 e. The van der Waals surface area contributed by atoms with Crippen LogP contribution in [0.1, 0.15) is 93.7 Å². The molecule has 1 saturated heterocycles. The molecule has 2 N–H and O–H groups in total. The number of nitrogens with one attached hydrogen (secondary N) is 1. The second kappa shape index (κ2) is 17.0. The molecule has 4 nitrogen and oxygen atoms in total. The van der Waals surface area contributed by atoms with E-state index in [4.69, 9.17) is 0 Å². The summed E-state index contributed by atoms with van der Waals surface area (Å²) in [6, 6.07) is 55.0. The highest BCUT2D eigenvalue weighted by molar-refractivity contribution is 6.06. The van der Waals surface area contributed by atoms with Crippen LogP contribution in [-0.2, 0) is 6.61 Å². The highest BCUT2D eigenvalue weighted by Gasteiger charge is 2.62. The minimum absolute atomic E-state index is 0.0608. The van der Waals surface area contributed by atoms with Crippen molar-refractivity contribution in [2.24, 2.45) is 35.5 Å². The first-order chi connectivity index (χ1) is 33.0. The van der Waals surface area contributed by atoms with E-state index in [1.165, 1.54) is 155 Å². The number of hydrogen-bond donors (Lipinski definition) is 2. The van der Waals surface area contributed by atoms with Crippen LogP contribution in [0.3, 0.4) is 0 Å². The Morgan fingerprint density at radius 2 is 1.03 bits per heavy atom. The molecule has 5 aliphatic carbocycles. The molecule has 0 bridgehead atoms. The zero-order valence-corrected chi connectivity index (χ0v) is 39.6. The van der Waals surface area contributed by atoms with Crippen molar-refractivity contribution < 1.29 is 5.11 Å². The first-order valence-electron chi connectivity index (χ1n) is 26.3. The van der Waals surface area contributed by atoms with Crippen molar-refractivity contribution in [3.8, 4) is 50.2 Å². The van der Waals surface area contributed by atoms with Crippen LogP contribution in [0.15, 0.2) is 140 Å². The normalized spacial score (nSPS) is 28.7. The topological polar surface area (TPSA) is 40.4 Å². The maximum Gasteiger partial charge on any atom is 0.122 e. The molecule has 4 heteroatoms. The summed E-state index contributed by atoms with van der Waals surface area (Å²) in [5, 5.41) is 15.8. The molecule has 67 heavy (non-hydrogen) atoms. The van der Waals surface area contributed by atoms with E-state index >= 15 is 0 Å². The summed E-state index contributed by atoms with van der Waals surface area (Å²) in [5.74, 6) is 6.45. The fraction of sp³-hybridized carbons (Fsp3) is 0.397. The lowest BCUT2D eigenvalue weighted by Crippen LogP contribution is -2.76. The second-order valence-corrected chi connectivity index (χ2v) is 22.0. The molecular formula is C63H67N3O. The lowest BCUT2D eigenvalue weighted by atomic mass is 9.45. The number of benzene rings is 6. The van der Waals surface area contributed by atoms with E-state index in [9.17, 15) is 5.11 Å². The molecule has 2 heterocycles. The molecular weight excluding hydrogens is 815 g/mol. The maximum absolute atomic E-state index is 9.82. The Morgan fingerprint density at radius 1 is 0.507 bits per heavy atom. The van der Waals surface area contributed by atoms with Crippen LogP contribution < -0.4 is 10.2 Å². The summed E-state index contributed by atoms with van der Waals surface area (Å²) in [4.78, 5) is 3.18. The number of hydrogen-bond acceptors (Lipinski definition) is 3. The third-order valence-corrected chi connectivity index (χ3v) is 18.5. The Kier molecular flexibility index (Phi) is 10.6. The molecule has 7 aromatic rings. The highest BCUT2D eigenvalue weighted by atomic mass is 16.3. The van der Waals surface area contributed by atoms with Gasteiger partial charge in [-0.2, -0.15) is 0 Å². The minimum Gasteiger partial charge on any atom is -0.392 e. The van der Waals surface area contributed by atoms with Crippen LogP contribution in [0.4, 0.5) is 5.82 Å². The third kappa shape index (κ3) is 7.06. The Morgan fingerprint density at radius 3 is 1.67 bits per heavy atom. The summed E-state index contributed by atoms with van der Waals surface area (Å²) in [5.41, 5.74) is 16.2. The Balaban J connectivity index is 1.07. The van der Waals surface area contributed by atoms with Crippen LogP contribution in [0.25, 0.3) is 61.1 Å². The van der Waals surface area contributed by atoms with Crippen LogP contribution in [0.2, 0.25) is 0 Å². The van der Waals surface area contributed by atoms with Crippen molar-refractivity contribution >= 4 is 16.7 Å². The molecule has 0 amide bonds. The van der Waals surface area contributed by atoms with Crippen molar-refractivity contribution in [2.45, 2.75) is 122 Å². The van der Waals surface area contributed by atoms with Gasteiger partial charge in [-0.05, 0) is 157 Å². The van der Waals surface area contributed by atoms with Gasteiger partial charge in [-0.3, -0.25) is 4.57 Å². The number of aromatic nitrogens is 1. The van der Waals surface area contributed by atoms with E-state index in [-0.39, 0.29) is 6.61 Å². The van der Waals surface area contributed by atoms with E-state index < -0.39 is 0 Å². The van der Waals surface area contributed by atoms with E-state index in [0.29, 0.717) is 30.1 Å². The van der Waals surface area contributed by atoms with Crippen molar-refractivity contribution in [3.63, 3.8) is 0 Å². The molecule has 1 aromatic heterocycles. The molecule has 6 fully saturated rings. The van der Waals surface area contributed by atoms with Crippen molar-refractivity contribution in [1.82, 2.24) is 9.88 Å². The van der Waals surface area contributed by atoms with Gasteiger partial charge >= 0.3 is 0 Å². The molecule has 10 unspecified atom stereocenters. The smallest absolute Gasteiger partial charge is 0.122 e. The molecule has 13 rings (SSSR count). The van der Waals surface area contributed by atoms with Crippen LogP contribution in [-0.4, -0.2) is 33.8 Å². The summed E-state index contributed by atoms with van der Waals surface area (Å²) >= 11 is 0. The molecule has 6 aliphatic rings. The molecule has 0 spiro atoms. The monoisotopic (exact) mass is 882 g/mol. The molecule has 5 saturated carbocycles. The van der Waals surface area contributed by atoms with Gasteiger partial charge in [0.1, 0.15) is 5.82 Å². The average molecular weight is 882 g/mol. The van der Waals surface area contributed by atoms with Crippen LogP contribution in [0, 0.1) is 49.4 Å². The minimum atomic E-state index is 0.0608. The number of aliphatic hydroxyl groups excluding tert-OH is 1. The van der Waals surface area contributed by atoms with Crippen molar-refractivity contribution in [1.29, 1.82) is 0 Å². The molecule has 1 aliphatic heterocycles. The average Bonchev–Trinajstić information content (AvgIpc) is 3.72. The number of aliphatic hydroxyl groups is 1. The fourth-order valence-electron chi connectivity index (χ4n) is 15.5. The maximum atomic E-state index is 9.82. The summed E-state index contributed by atoms with van der Waals surface area (Å²) in [7, 11) is 0. The molecule has 0 radical (unpaired) electrons. The van der Waals surface area contributed by atoms with Gasteiger partial charge in [-0.1, -0.05) is 165 Å². The van der Waals surface area contributed by atoms with E-state index in [1.54, 1.807) is 0 Å². The van der Waals surface area contributed by atoms with Gasteiger partial charge in [0.05, 0.1) is 12.1 Å². The van der Waals surface area contributed by atoms with E-state index in [1.807, 2.05) is 0 Å². The SMILES string of the molecule is Cc1ccc(-c2ccc(-c3c(N4C5CCCCC5NC5C6CCCC7CCC8CCCC(C8C76)C54)n(-c4ccc(-c5ccc(CO)cc5)cc4)c4ccc(-c5ccc(C)cc5)cc34)cc2)cc1. The van der Waals surface area contributed by atoms with Gasteiger partial charge in [0.2, 0.25) is 0 Å². The Bertz CT molecular complexity index is 2890. The van der Waals surface area contributed by atoms with Crippen LogP contribution in [0.5, 0.6) is 0 Å². The highest BCUT2D eigenvalue weighted by Crippen LogP contribution is 2.63. The van der Waals surface area contributed by atoms with E-state index in [2.05, 4.69) is 168 Å². The summed E-state index contributed by atoms with van der Waals surface area (Å²) in [6.45, 7) is 4.43. The van der Waals surface area contributed by atoms with Gasteiger partial charge in [-0.25, -0.2) is 0 Å². The predicted octanol–water partition coefficient (Wildman–Crippen LogP) is 14.7. The van der Waals surface area contributed by atoms with Crippen molar-refractivity contribution in [2.75, 3.05) is 4.90 Å². The molecule has 10 atom stereocenters. The number of fused-ring (bicyclic) bond motifs is 5. The number of piperazine rings is 1. The first-order valence-corrected chi connectivity index (χ1v) is 26.3. The Hall–Kier alpha value is -5.42. The number of nitrogens with zero attached hydrogens (tertiary/aromatic N) is 2. The van der Waals surface area contributed by atoms with Crippen molar-refractivity contribution in [3.05, 3.63) is 156 Å².